The van der Waals surface area contributed by atoms with E-state index in [0.29, 0.717) is 28.8 Å². The Kier molecular flexibility index (Phi) is 5.24. The zero-order chi connectivity index (χ0) is 20.4. The maximum atomic E-state index is 6.46. The SMILES string of the molecule is COc1cc2c(cc1N)C(N)N(c1ccc(OCc3ccccn3)c(Cl)c1)C=N2. The van der Waals surface area contributed by atoms with Gasteiger partial charge in [0.2, 0.25) is 0 Å². The summed E-state index contributed by atoms with van der Waals surface area (Å²) in [7, 11) is 1.57. The third-order valence-electron chi connectivity index (χ3n) is 4.63. The molecule has 0 saturated carbocycles. The minimum Gasteiger partial charge on any atom is -0.495 e. The number of fused-ring (bicyclic) bond motifs is 1. The molecule has 1 aliphatic rings. The summed E-state index contributed by atoms with van der Waals surface area (Å²) in [5.74, 6) is 1.14. The average molecular weight is 410 g/mol. The van der Waals surface area contributed by atoms with Gasteiger partial charge in [-0.25, -0.2) is 4.99 Å². The second kappa shape index (κ2) is 7.98. The van der Waals surface area contributed by atoms with Crippen molar-refractivity contribution in [3.8, 4) is 11.5 Å². The molecule has 0 amide bonds. The molecule has 4 rings (SSSR count). The second-order valence-corrected chi connectivity index (χ2v) is 6.88. The van der Waals surface area contributed by atoms with E-state index in [1.54, 1.807) is 43.9 Å². The number of pyridine rings is 1. The van der Waals surface area contributed by atoms with Crippen LogP contribution in [0, 0.1) is 0 Å². The van der Waals surface area contributed by atoms with Crippen LogP contribution in [0.5, 0.6) is 11.5 Å². The zero-order valence-corrected chi connectivity index (χ0v) is 16.5. The highest BCUT2D eigenvalue weighted by molar-refractivity contribution is 6.32. The highest BCUT2D eigenvalue weighted by Gasteiger charge is 2.24. The van der Waals surface area contributed by atoms with Crippen molar-refractivity contribution in [2.45, 2.75) is 12.8 Å². The second-order valence-electron chi connectivity index (χ2n) is 6.47. The van der Waals surface area contributed by atoms with Crippen molar-refractivity contribution in [1.82, 2.24) is 4.98 Å². The predicted octanol–water partition coefficient (Wildman–Crippen LogP) is 4.04. The Labute approximate surface area is 173 Å². The minimum atomic E-state index is -0.466. The first-order valence-electron chi connectivity index (χ1n) is 8.94. The van der Waals surface area contributed by atoms with E-state index in [2.05, 4.69) is 9.98 Å². The molecule has 1 unspecified atom stereocenters. The third-order valence-corrected chi connectivity index (χ3v) is 4.93. The van der Waals surface area contributed by atoms with Gasteiger partial charge in [0.05, 0.1) is 35.5 Å². The lowest BCUT2D eigenvalue weighted by Gasteiger charge is -2.31. The van der Waals surface area contributed by atoms with E-state index < -0.39 is 6.17 Å². The van der Waals surface area contributed by atoms with E-state index in [9.17, 15) is 0 Å². The maximum Gasteiger partial charge on any atom is 0.143 e. The van der Waals surface area contributed by atoms with Crippen molar-refractivity contribution < 1.29 is 9.47 Å². The van der Waals surface area contributed by atoms with E-state index in [-0.39, 0.29) is 0 Å². The van der Waals surface area contributed by atoms with Crippen molar-refractivity contribution in [3.63, 3.8) is 0 Å². The summed E-state index contributed by atoms with van der Waals surface area (Å²) < 4.78 is 11.0. The summed E-state index contributed by atoms with van der Waals surface area (Å²) in [4.78, 5) is 10.5. The van der Waals surface area contributed by atoms with Crippen LogP contribution in [0.15, 0.2) is 59.7 Å². The Morgan fingerprint density at radius 2 is 2.00 bits per heavy atom. The van der Waals surface area contributed by atoms with Gasteiger partial charge in [0.15, 0.2) is 0 Å². The van der Waals surface area contributed by atoms with Gasteiger partial charge in [0.1, 0.15) is 24.3 Å². The van der Waals surface area contributed by atoms with Crippen LogP contribution < -0.4 is 25.8 Å². The van der Waals surface area contributed by atoms with Gasteiger partial charge in [-0.3, -0.25) is 4.98 Å². The number of methoxy groups -OCH3 is 1. The Hall–Kier alpha value is -3.29. The lowest BCUT2D eigenvalue weighted by atomic mass is 10.1. The molecule has 0 fully saturated rings. The van der Waals surface area contributed by atoms with Gasteiger partial charge in [0.25, 0.3) is 0 Å². The molecule has 8 heteroatoms. The molecule has 148 valence electrons. The summed E-state index contributed by atoms with van der Waals surface area (Å²) in [5, 5.41) is 0.471. The van der Waals surface area contributed by atoms with Gasteiger partial charge in [0, 0.05) is 23.5 Å². The van der Waals surface area contributed by atoms with E-state index in [0.717, 1.165) is 22.6 Å². The fourth-order valence-corrected chi connectivity index (χ4v) is 3.33. The van der Waals surface area contributed by atoms with Crippen LogP contribution in [0.1, 0.15) is 17.4 Å². The van der Waals surface area contributed by atoms with Gasteiger partial charge < -0.3 is 25.8 Å². The highest BCUT2D eigenvalue weighted by atomic mass is 35.5. The first-order chi connectivity index (χ1) is 14.1. The molecule has 2 heterocycles. The lowest BCUT2D eigenvalue weighted by molar-refractivity contribution is 0.301. The van der Waals surface area contributed by atoms with Crippen LogP contribution in [0.25, 0.3) is 0 Å². The molecule has 7 nitrogen and oxygen atoms in total. The quantitative estimate of drug-likeness (QED) is 0.617. The molecule has 1 aromatic heterocycles. The number of anilines is 2. The van der Waals surface area contributed by atoms with Crippen molar-refractivity contribution in [2.75, 3.05) is 17.7 Å². The fourth-order valence-electron chi connectivity index (χ4n) is 3.10. The van der Waals surface area contributed by atoms with Crippen LogP contribution in [-0.2, 0) is 6.61 Å². The normalized spacial score (nSPS) is 15.1. The molecule has 0 radical (unpaired) electrons. The number of benzene rings is 2. The molecule has 1 aliphatic heterocycles. The number of aliphatic imine (C=N–C) groups is 1. The third kappa shape index (κ3) is 3.83. The number of aromatic nitrogens is 1. The molecule has 4 N–H and O–H groups in total. The van der Waals surface area contributed by atoms with Crippen LogP contribution in [0.3, 0.4) is 0 Å². The number of nitrogen functional groups attached to an aromatic ring is 1. The van der Waals surface area contributed by atoms with Gasteiger partial charge in [-0.05, 0) is 36.4 Å². The maximum absolute atomic E-state index is 6.46. The molecule has 0 aliphatic carbocycles. The van der Waals surface area contributed by atoms with Crippen molar-refractivity contribution in [1.29, 1.82) is 0 Å². The van der Waals surface area contributed by atoms with E-state index >= 15 is 0 Å². The molecule has 0 bridgehead atoms. The first-order valence-corrected chi connectivity index (χ1v) is 9.32. The van der Waals surface area contributed by atoms with E-state index in [1.807, 2.05) is 29.2 Å². The number of nitrogens with two attached hydrogens (primary N) is 2. The Morgan fingerprint density at radius 3 is 2.72 bits per heavy atom. The molecule has 2 aromatic carbocycles. The largest absolute Gasteiger partial charge is 0.495 e. The molecule has 3 aromatic rings. The van der Waals surface area contributed by atoms with E-state index in [1.165, 1.54) is 0 Å². The predicted molar refractivity (Wildman–Crippen MR) is 115 cm³/mol. The van der Waals surface area contributed by atoms with Crippen molar-refractivity contribution in [2.24, 2.45) is 10.7 Å². The molecule has 0 saturated heterocycles. The molecular weight excluding hydrogens is 390 g/mol. The minimum absolute atomic E-state index is 0.332. The van der Waals surface area contributed by atoms with E-state index in [4.69, 9.17) is 32.5 Å². The highest BCUT2D eigenvalue weighted by Crippen LogP contribution is 2.39. The number of ether oxygens (including phenoxy) is 2. The smallest absolute Gasteiger partial charge is 0.143 e. The van der Waals surface area contributed by atoms with Crippen LogP contribution in [0.2, 0.25) is 5.02 Å². The average Bonchev–Trinajstić information content (AvgIpc) is 2.74. The lowest BCUT2D eigenvalue weighted by Crippen LogP contribution is -2.35. The topological polar surface area (TPSA) is 99.0 Å². The molecule has 0 spiro atoms. The van der Waals surface area contributed by atoms with Gasteiger partial charge in [-0.2, -0.15) is 0 Å². The van der Waals surface area contributed by atoms with Crippen LogP contribution >= 0.6 is 11.6 Å². The summed E-state index contributed by atoms with van der Waals surface area (Å²) in [5.41, 5.74) is 16.1. The first kappa shape index (κ1) is 19.0. The Morgan fingerprint density at radius 1 is 1.14 bits per heavy atom. The van der Waals surface area contributed by atoms with Crippen molar-refractivity contribution >= 4 is 35.0 Å². The monoisotopic (exact) mass is 409 g/mol. The molecular formula is C21H20ClN5O2. The zero-order valence-electron chi connectivity index (χ0n) is 15.7. The summed E-state index contributed by atoms with van der Waals surface area (Å²) in [6.45, 7) is 0.332. The van der Waals surface area contributed by atoms with Crippen LogP contribution in [0.4, 0.5) is 17.1 Å². The molecule has 1 atom stereocenters. The number of rotatable bonds is 5. The van der Waals surface area contributed by atoms with Gasteiger partial charge in [-0.15, -0.1) is 0 Å². The number of hydrogen-bond donors (Lipinski definition) is 2. The number of hydrogen-bond acceptors (Lipinski definition) is 7. The summed E-state index contributed by atoms with van der Waals surface area (Å²) >= 11 is 6.43. The Bertz CT molecular complexity index is 1060. The fraction of sp³-hybridized carbons (Fsp3) is 0.143. The molecule has 29 heavy (non-hydrogen) atoms. The van der Waals surface area contributed by atoms with Gasteiger partial charge >= 0.3 is 0 Å². The number of halogens is 1. The number of nitrogens with zero attached hydrogens (tertiary/aromatic N) is 3. The summed E-state index contributed by atoms with van der Waals surface area (Å²) in [6.07, 6.45) is 2.93. The standard InChI is InChI=1S/C21H20ClN5O2/c1-28-20-10-18-15(9-17(20)23)21(24)27(12-26-18)14-5-6-19(16(22)8-14)29-11-13-4-2-3-7-25-13/h2-10,12,21H,11,23-24H2,1H3. The van der Waals surface area contributed by atoms with Crippen molar-refractivity contribution in [3.05, 3.63) is 71.0 Å². The van der Waals surface area contributed by atoms with Gasteiger partial charge in [-0.1, -0.05) is 17.7 Å². The Balaban J connectivity index is 1.55. The van der Waals surface area contributed by atoms with Crippen LogP contribution in [-0.4, -0.2) is 18.4 Å². The summed E-state index contributed by atoms with van der Waals surface area (Å²) in [6, 6.07) is 14.7.